The third-order valence-corrected chi connectivity index (χ3v) is 6.45. The Morgan fingerprint density at radius 1 is 1.38 bits per heavy atom. The Labute approximate surface area is 162 Å². The topological polar surface area (TPSA) is 63.3 Å². The molecular formula is C20H23NO3S2. The number of furan rings is 1. The molecule has 0 bridgehead atoms. The van der Waals surface area contributed by atoms with Crippen molar-refractivity contribution in [2.45, 2.75) is 51.4 Å². The first-order valence-corrected chi connectivity index (χ1v) is 10.9. The molecule has 1 fully saturated rings. The third kappa shape index (κ3) is 5.39. The first-order chi connectivity index (χ1) is 12.6. The van der Waals surface area contributed by atoms with Crippen LogP contribution in [0.1, 0.15) is 65.1 Å². The maximum atomic E-state index is 10.4. The number of nitrogens with zero attached hydrogens (tertiary/aromatic N) is 1. The predicted molar refractivity (Wildman–Crippen MR) is 106 cm³/mol. The van der Waals surface area contributed by atoms with Crippen LogP contribution in [0.2, 0.25) is 0 Å². The molecule has 0 radical (unpaired) electrons. The Kier molecular flexibility index (Phi) is 6.81. The predicted octanol–water partition coefficient (Wildman–Crippen LogP) is 4.85. The zero-order chi connectivity index (χ0) is 18.4. The van der Waals surface area contributed by atoms with Gasteiger partial charge in [-0.05, 0) is 37.8 Å². The number of aromatic nitrogens is 1. The lowest BCUT2D eigenvalue weighted by Gasteiger charge is -2.18. The van der Waals surface area contributed by atoms with Crippen LogP contribution < -0.4 is 0 Å². The first-order valence-electron chi connectivity index (χ1n) is 8.95. The standard InChI is InChI=1S/C20H23NO3S2/c1-14-18(21-20(26-14)15-6-3-2-4-7-15)12-17-10-9-16(24-17)8-5-11-25-13-19(22)23/h9-10,15H,2-4,6-7,11-13H2,1H3,(H,22,23). The molecule has 0 spiro atoms. The van der Waals surface area contributed by atoms with E-state index in [0.29, 0.717) is 23.9 Å². The van der Waals surface area contributed by atoms with Crippen molar-refractivity contribution in [2.75, 3.05) is 11.5 Å². The van der Waals surface area contributed by atoms with E-state index in [-0.39, 0.29) is 5.75 Å². The fourth-order valence-corrected chi connectivity index (χ4v) is 4.71. The van der Waals surface area contributed by atoms with Gasteiger partial charge in [-0.25, -0.2) is 4.98 Å². The van der Waals surface area contributed by atoms with Crippen LogP contribution in [0.4, 0.5) is 0 Å². The highest BCUT2D eigenvalue weighted by Crippen LogP contribution is 2.36. The second-order valence-corrected chi connectivity index (χ2v) is 8.74. The van der Waals surface area contributed by atoms with Crippen molar-refractivity contribution in [1.82, 2.24) is 4.98 Å². The molecule has 0 saturated heterocycles. The van der Waals surface area contributed by atoms with Crippen LogP contribution >= 0.6 is 23.1 Å². The summed E-state index contributed by atoms with van der Waals surface area (Å²) in [6.45, 7) is 2.14. The third-order valence-electron chi connectivity index (χ3n) is 4.48. The minimum Gasteiger partial charge on any atom is -0.481 e. The molecule has 0 atom stereocenters. The van der Waals surface area contributed by atoms with Crippen molar-refractivity contribution >= 4 is 29.1 Å². The molecule has 1 N–H and O–H groups in total. The Bertz CT molecular complexity index is 807. The minimum atomic E-state index is -0.816. The molecule has 0 aliphatic heterocycles. The van der Waals surface area contributed by atoms with E-state index in [1.165, 1.54) is 53.8 Å². The van der Waals surface area contributed by atoms with Crippen molar-refractivity contribution in [1.29, 1.82) is 0 Å². The van der Waals surface area contributed by atoms with Crippen molar-refractivity contribution in [3.63, 3.8) is 0 Å². The van der Waals surface area contributed by atoms with E-state index in [0.717, 1.165) is 11.5 Å². The lowest BCUT2D eigenvalue weighted by atomic mass is 9.90. The molecule has 3 rings (SSSR count). The van der Waals surface area contributed by atoms with Gasteiger partial charge in [-0.2, -0.15) is 0 Å². The number of carbonyl (C=O) groups is 1. The largest absolute Gasteiger partial charge is 0.481 e. The summed E-state index contributed by atoms with van der Waals surface area (Å²) in [7, 11) is 0. The van der Waals surface area contributed by atoms with Gasteiger partial charge in [0.1, 0.15) is 5.76 Å². The summed E-state index contributed by atoms with van der Waals surface area (Å²) in [5.41, 5.74) is 1.11. The van der Waals surface area contributed by atoms with E-state index in [2.05, 4.69) is 18.8 Å². The second kappa shape index (κ2) is 9.29. The molecule has 0 aromatic carbocycles. The van der Waals surface area contributed by atoms with Crippen LogP contribution in [-0.4, -0.2) is 27.6 Å². The summed E-state index contributed by atoms with van der Waals surface area (Å²) in [5, 5.41) is 9.88. The molecule has 0 unspecified atom stereocenters. The summed E-state index contributed by atoms with van der Waals surface area (Å²) < 4.78 is 5.79. The highest BCUT2D eigenvalue weighted by Gasteiger charge is 2.20. The van der Waals surface area contributed by atoms with Gasteiger partial charge in [0.15, 0.2) is 5.76 Å². The Morgan fingerprint density at radius 2 is 2.19 bits per heavy atom. The van der Waals surface area contributed by atoms with Gasteiger partial charge in [0.25, 0.3) is 0 Å². The zero-order valence-corrected chi connectivity index (χ0v) is 16.5. The fourth-order valence-electron chi connectivity index (χ4n) is 3.16. The molecule has 6 heteroatoms. The van der Waals surface area contributed by atoms with Crippen molar-refractivity contribution in [3.05, 3.63) is 39.2 Å². The highest BCUT2D eigenvalue weighted by atomic mass is 32.2. The number of thioether (sulfide) groups is 1. The SMILES string of the molecule is Cc1sc(C2CCCCC2)nc1Cc1ccc(C#CCSCC(=O)O)o1. The van der Waals surface area contributed by atoms with Gasteiger partial charge in [-0.1, -0.05) is 25.2 Å². The lowest BCUT2D eigenvalue weighted by molar-refractivity contribution is -0.133. The molecule has 26 heavy (non-hydrogen) atoms. The number of hydrogen-bond acceptors (Lipinski definition) is 5. The van der Waals surface area contributed by atoms with Gasteiger partial charge in [-0.3, -0.25) is 4.79 Å². The number of thiazole rings is 1. The number of rotatable bonds is 6. The van der Waals surface area contributed by atoms with Gasteiger partial charge in [0.05, 0.1) is 22.2 Å². The van der Waals surface area contributed by atoms with Crippen molar-refractivity contribution in [2.24, 2.45) is 0 Å². The molecule has 138 valence electrons. The van der Waals surface area contributed by atoms with Crippen LogP contribution in [0.3, 0.4) is 0 Å². The molecule has 2 aromatic heterocycles. The highest BCUT2D eigenvalue weighted by molar-refractivity contribution is 8.00. The fraction of sp³-hybridized carbons (Fsp3) is 0.500. The monoisotopic (exact) mass is 389 g/mol. The van der Waals surface area contributed by atoms with Crippen LogP contribution in [0.15, 0.2) is 16.5 Å². The van der Waals surface area contributed by atoms with Crippen molar-refractivity contribution < 1.29 is 14.3 Å². The van der Waals surface area contributed by atoms with Gasteiger partial charge in [0.2, 0.25) is 0 Å². The van der Waals surface area contributed by atoms with E-state index in [4.69, 9.17) is 14.5 Å². The molecule has 1 aliphatic carbocycles. The molecule has 1 aliphatic rings. The summed E-state index contributed by atoms with van der Waals surface area (Å²) in [6.07, 6.45) is 7.25. The van der Waals surface area contributed by atoms with E-state index in [1.54, 1.807) is 0 Å². The quantitative estimate of drug-likeness (QED) is 0.565. The molecular weight excluding hydrogens is 366 g/mol. The van der Waals surface area contributed by atoms with Gasteiger partial charge in [0, 0.05) is 17.2 Å². The van der Waals surface area contributed by atoms with Crippen LogP contribution in [0, 0.1) is 18.8 Å². The van der Waals surface area contributed by atoms with Crippen LogP contribution in [-0.2, 0) is 11.2 Å². The summed E-state index contributed by atoms with van der Waals surface area (Å²) in [4.78, 5) is 16.6. The van der Waals surface area contributed by atoms with Crippen molar-refractivity contribution in [3.8, 4) is 11.8 Å². The average Bonchev–Trinajstić information content (AvgIpc) is 3.22. The number of hydrogen-bond donors (Lipinski definition) is 1. The number of aliphatic carboxylic acids is 1. The number of carboxylic acids is 1. The van der Waals surface area contributed by atoms with Gasteiger partial charge in [-0.15, -0.1) is 23.1 Å². The molecule has 1 saturated carbocycles. The molecule has 4 nitrogen and oxygen atoms in total. The van der Waals surface area contributed by atoms with E-state index < -0.39 is 5.97 Å². The first kappa shape index (κ1) is 19.1. The summed E-state index contributed by atoms with van der Waals surface area (Å²) in [6, 6.07) is 3.82. The van der Waals surface area contributed by atoms with E-state index in [9.17, 15) is 4.79 Å². The Hall–Kier alpha value is -1.71. The maximum absolute atomic E-state index is 10.4. The lowest BCUT2D eigenvalue weighted by Crippen LogP contribution is -2.04. The Balaban J connectivity index is 1.58. The van der Waals surface area contributed by atoms with Crippen LogP contribution in [0.5, 0.6) is 0 Å². The van der Waals surface area contributed by atoms with Crippen LogP contribution in [0.25, 0.3) is 0 Å². The number of aryl methyl sites for hydroxylation is 1. The van der Waals surface area contributed by atoms with E-state index >= 15 is 0 Å². The zero-order valence-electron chi connectivity index (χ0n) is 14.9. The maximum Gasteiger partial charge on any atom is 0.313 e. The molecule has 2 aromatic rings. The minimum absolute atomic E-state index is 0.0739. The Morgan fingerprint density at radius 3 is 2.96 bits per heavy atom. The second-order valence-electron chi connectivity index (χ2n) is 6.52. The average molecular weight is 390 g/mol. The number of carboxylic acid groups (broad SMARTS) is 1. The smallest absolute Gasteiger partial charge is 0.313 e. The molecule has 0 amide bonds. The summed E-state index contributed by atoms with van der Waals surface area (Å²) in [5.74, 6) is 7.76. The van der Waals surface area contributed by atoms with Gasteiger partial charge < -0.3 is 9.52 Å². The van der Waals surface area contributed by atoms with E-state index in [1.807, 2.05) is 23.5 Å². The summed E-state index contributed by atoms with van der Waals surface area (Å²) >= 11 is 3.12. The van der Waals surface area contributed by atoms with Gasteiger partial charge >= 0.3 is 5.97 Å². The normalized spacial score (nSPS) is 14.8. The molecule has 2 heterocycles.